The maximum atomic E-state index is 3.78. The van der Waals surface area contributed by atoms with Gasteiger partial charge < -0.3 is 5.32 Å². The largest absolute Gasteiger partial charge is 0.316 e. The van der Waals surface area contributed by atoms with E-state index < -0.39 is 0 Å². The number of likely N-dealkylation sites (tertiary alicyclic amines) is 1. The first-order chi connectivity index (χ1) is 5.60. The van der Waals surface area contributed by atoms with Gasteiger partial charge in [-0.1, -0.05) is 6.08 Å². The highest BCUT2D eigenvalue weighted by atomic mass is 15.2. The molecule has 1 N–H and O–H groups in total. The number of rotatable bonds is 3. The van der Waals surface area contributed by atoms with Gasteiger partial charge in [-0.2, -0.15) is 0 Å². The van der Waals surface area contributed by atoms with Crippen LogP contribution in [0.25, 0.3) is 0 Å². The topological polar surface area (TPSA) is 15.3 Å². The molecule has 0 spiro atoms. The Bertz CT molecular complexity index is 163. The van der Waals surface area contributed by atoms with Gasteiger partial charge in [-0.15, -0.1) is 6.58 Å². The normalized spacial score (nSPS) is 29.1. The number of nitrogens with zero attached hydrogens (tertiary/aromatic N) is 1. The maximum absolute atomic E-state index is 3.78. The predicted octanol–water partition coefficient (Wildman–Crippen LogP) is 1.24. The van der Waals surface area contributed by atoms with Crippen molar-refractivity contribution in [2.45, 2.75) is 31.8 Å². The second-order valence-corrected chi connectivity index (χ2v) is 4.20. The Morgan fingerprint density at radius 3 is 2.75 bits per heavy atom. The number of nitrogens with one attached hydrogen (secondary N) is 1. The second kappa shape index (κ2) is 3.58. The Labute approximate surface area is 75.6 Å². The minimum atomic E-state index is 0.335. The molecule has 12 heavy (non-hydrogen) atoms. The summed E-state index contributed by atoms with van der Waals surface area (Å²) in [6.45, 7) is 10.5. The van der Waals surface area contributed by atoms with E-state index in [1.165, 1.54) is 6.42 Å². The third-order valence-electron chi connectivity index (χ3n) is 2.80. The number of likely N-dealkylation sites (N-methyl/N-ethyl adjacent to an activating group) is 1. The Morgan fingerprint density at radius 1 is 1.67 bits per heavy atom. The van der Waals surface area contributed by atoms with Crippen LogP contribution in [-0.4, -0.2) is 36.6 Å². The van der Waals surface area contributed by atoms with Gasteiger partial charge in [-0.3, -0.25) is 4.90 Å². The quantitative estimate of drug-likeness (QED) is 0.638. The summed E-state index contributed by atoms with van der Waals surface area (Å²) in [7, 11) is 2.04. The fourth-order valence-electron chi connectivity index (χ4n) is 1.98. The van der Waals surface area contributed by atoms with Crippen LogP contribution < -0.4 is 5.32 Å². The first kappa shape index (κ1) is 9.75. The van der Waals surface area contributed by atoms with E-state index in [-0.39, 0.29) is 0 Å². The molecule has 1 heterocycles. The fourth-order valence-corrected chi connectivity index (χ4v) is 1.98. The van der Waals surface area contributed by atoms with Crippen LogP contribution in [0.5, 0.6) is 0 Å². The zero-order valence-corrected chi connectivity index (χ0v) is 8.43. The lowest BCUT2D eigenvalue weighted by molar-refractivity contribution is 0.195. The van der Waals surface area contributed by atoms with E-state index >= 15 is 0 Å². The zero-order chi connectivity index (χ0) is 9.19. The Hall–Kier alpha value is -0.340. The van der Waals surface area contributed by atoms with Crippen molar-refractivity contribution in [1.29, 1.82) is 0 Å². The summed E-state index contributed by atoms with van der Waals surface area (Å²) in [6, 6.07) is 0.653. The van der Waals surface area contributed by atoms with E-state index in [9.17, 15) is 0 Å². The molecule has 2 nitrogen and oxygen atoms in total. The van der Waals surface area contributed by atoms with E-state index in [1.54, 1.807) is 0 Å². The molecule has 1 unspecified atom stereocenters. The molecule has 0 aromatic rings. The van der Waals surface area contributed by atoms with Crippen molar-refractivity contribution in [2.75, 3.05) is 20.1 Å². The van der Waals surface area contributed by atoms with Crippen LogP contribution in [0.1, 0.15) is 20.3 Å². The summed E-state index contributed by atoms with van der Waals surface area (Å²) in [5.74, 6) is 0. The van der Waals surface area contributed by atoms with E-state index in [1.807, 2.05) is 13.1 Å². The molecule has 0 aromatic heterocycles. The highest BCUT2D eigenvalue weighted by Crippen LogP contribution is 2.27. The molecule has 0 bridgehead atoms. The lowest BCUT2D eigenvalue weighted by atomic mass is 10.0. The minimum Gasteiger partial charge on any atom is -0.316 e. The van der Waals surface area contributed by atoms with Gasteiger partial charge in [0.2, 0.25) is 0 Å². The monoisotopic (exact) mass is 168 g/mol. The summed E-state index contributed by atoms with van der Waals surface area (Å²) >= 11 is 0. The van der Waals surface area contributed by atoms with Crippen molar-refractivity contribution in [3.05, 3.63) is 12.7 Å². The third kappa shape index (κ3) is 1.87. The van der Waals surface area contributed by atoms with E-state index in [0.29, 0.717) is 11.6 Å². The van der Waals surface area contributed by atoms with Crippen molar-refractivity contribution in [2.24, 2.45) is 0 Å². The summed E-state index contributed by atoms with van der Waals surface area (Å²) < 4.78 is 0. The van der Waals surface area contributed by atoms with Crippen LogP contribution >= 0.6 is 0 Å². The smallest absolute Gasteiger partial charge is 0.0209 e. The molecule has 0 saturated carbocycles. The molecule has 0 aliphatic carbocycles. The van der Waals surface area contributed by atoms with Gasteiger partial charge in [0.25, 0.3) is 0 Å². The summed E-state index contributed by atoms with van der Waals surface area (Å²) in [5, 5.41) is 3.33. The molecular weight excluding hydrogens is 148 g/mol. The summed E-state index contributed by atoms with van der Waals surface area (Å²) in [5.41, 5.74) is 0.335. The van der Waals surface area contributed by atoms with E-state index in [2.05, 4.69) is 30.6 Å². The van der Waals surface area contributed by atoms with Crippen molar-refractivity contribution in [3.63, 3.8) is 0 Å². The number of hydrogen-bond donors (Lipinski definition) is 1. The zero-order valence-electron chi connectivity index (χ0n) is 8.43. The van der Waals surface area contributed by atoms with Crippen LogP contribution in [-0.2, 0) is 0 Å². The highest BCUT2D eigenvalue weighted by molar-refractivity contribution is 4.97. The molecule has 2 heteroatoms. The molecule has 70 valence electrons. The molecule has 1 rings (SSSR count). The Kier molecular flexibility index (Phi) is 2.91. The van der Waals surface area contributed by atoms with Crippen LogP contribution in [0.3, 0.4) is 0 Å². The highest BCUT2D eigenvalue weighted by Gasteiger charge is 2.36. The van der Waals surface area contributed by atoms with Gasteiger partial charge in [0, 0.05) is 24.7 Å². The summed E-state index contributed by atoms with van der Waals surface area (Å²) in [6.07, 6.45) is 3.22. The third-order valence-corrected chi connectivity index (χ3v) is 2.80. The molecule has 0 aromatic carbocycles. The van der Waals surface area contributed by atoms with Gasteiger partial charge in [0.1, 0.15) is 0 Å². The van der Waals surface area contributed by atoms with Crippen LogP contribution in [0, 0.1) is 0 Å². The average Bonchev–Trinajstić information content (AvgIpc) is 2.28. The van der Waals surface area contributed by atoms with Gasteiger partial charge in [0.05, 0.1) is 0 Å². The lowest BCUT2D eigenvalue weighted by Crippen LogP contribution is -2.38. The average molecular weight is 168 g/mol. The van der Waals surface area contributed by atoms with Gasteiger partial charge in [0.15, 0.2) is 0 Å². The van der Waals surface area contributed by atoms with Crippen molar-refractivity contribution < 1.29 is 0 Å². The first-order valence-electron chi connectivity index (χ1n) is 4.63. The standard InChI is InChI=1S/C10H20N2/c1-5-6-12-8-9(11-4)7-10(12,2)3/h5,9,11H,1,6-8H2,2-4H3. The van der Waals surface area contributed by atoms with Crippen LogP contribution in [0.2, 0.25) is 0 Å². The second-order valence-electron chi connectivity index (χ2n) is 4.20. The van der Waals surface area contributed by atoms with Gasteiger partial charge in [-0.25, -0.2) is 0 Å². The van der Waals surface area contributed by atoms with Gasteiger partial charge >= 0.3 is 0 Å². The van der Waals surface area contributed by atoms with Gasteiger partial charge in [-0.05, 0) is 27.3 Å². The molecule has 1 fully saturated rings. The fraction of sp³-hybridized carbons (Fsp3) is 0.800. The van der Waals surface area contributed by atoms with Crippen molar-refractivity contribution in [3.8, 4) is 0 Å². The van der Waals surface area contributed by atoms with E-state index in [0.717, 1.165) is 13.1 Å². The first-order valence-corrected chi connectivity index (χ1v) is 4.63. The lowest BCUT2D eigenvalue weighted by Gasteiger charge is -2.29. The molecule has 0 radical (unpaired) electrons. The summed E-state index contributed by atoms with van der Waals surface area (Å²) in [4.78, 5) is 2.47. The molecule has 1 aliphatic heterocycles. The van der Waals surface area contributed by atoms with E-state index in [4.69, 9.17) is 0 Å². The molecular formula is C10H20N2. The van der Waals surface area contributed by atoms with Crippen LogP contribution in [0.15, 0.2) is 12.7 Å². The maximum Gasteiger partial charge on any atom is 0.0209 e. The molecule has 0 amide bonds. The molecule has 1 aliphatic rings. The Morgan fingerprint density at radius 2 is 2.33 bits per heavy atom. The number of hydrogen-bond acceptors (Lipinski definition) is 2. The molecule has 1 saturated heterocycles. The Balaban J connectivity index is 2.57. The molecule has 1 atom stereocenters. The SMILES string of the molecule is C=CCN1CC(NC)CC1(C)C. The predicted molar refractivity (Wildman–Crippen MR) is 53.3 cm³/mol. The minimum absolute atomic E-state index is 0.335. The van der Waals surface area contributed by atoms with Crippen molar-refractivity contribution >= 4 is 0 Å². The van der Waals surface area contributed by atoms with Crippen molar-refractivity contribution in [1.82, 2.24) is 10.2 Å². The van der Waals surface area contributed by atoms with Crippen LogP contribution in [0.4, 0.5) is 0 Å².